The molecule has 0 aliphatic rings. The van der Waals surface area contributed by atoms with E-state index in [0.29, 0.717) is 6.61 Å². The predicted octanol–water partition coefficient (Wildman–Crippen LogP) is 1.67. The van der Waals surface area contributed by atoms with Gasteiger partial charge in [0, 0.05) is 19.1 Å². The first-order valence-corrected chi connectivity index (χ1v) is 5.33. The molecule has 0 amide bonds. The number of hydrogen-bond acceptors (Lipinski definition) is 3. The lowest BCUT2D eigenvalue weighted by Gasteiger charge is -2.26. The molecule has 0 radical (unpaired) electrons. The van der Waals surface area contributed by atoms with Crippen LogP contribution in [-0.4, -0.2) is 39.5 Å². The van der Waals surface area contributed by atoms with Gasteiger partial charge in [-0.25, -0.2) is 0 Å². The summed E-state index contributed by atoms with van der Waals surface area (Å²) in [6.45, 7) is 12.0. The Bertz CT molecular complexity index is 137. The number of nitrogens with one attached hydrogen (secondary N) is 1. The summed E-state index contributed by atoms with van der Waals surface area (Å²) in [6, 6.07) is 0. The molecule has 0 aliphatic heterocycles. The maximum atomic E-state index is 5.68. The molecule has 3 heteroatoms. The van der Waals surface area contributed by atoms with Crippen LogP contribution in [0.4, 0.5) is 0 Å². The van der Waals surface area contributed by atoms with Crippen LogP contribution in [0.5, 0.6) is 0 Å². The first-order chi connectivity index (χ1) is 6.52. The van der Waals surface area contributed by atoms with Crippen molar-refractivity contribution in [3.8, 4) is 0 Å². The van der Waals surface area contributed by atoms with Gasteiger partial charge in [0.25, 0.3) is 0 Å². The van der Waals surface area contributed by atoms with Gasteiger partial charge in [-0.05, 0) is 13.5 Å². The molecular formula is C11H25NO2. The zero-order valence-corrected chi connectivity index (χ0v) is 10.2. The summed E-state index contributed by atoms with van der Waals surface area (Å²) >= 11 is 0. The zero-order chi connectivity index (χ0) is 11.0. The Hall–Kier alpha value is -0.120. The van der Waals surface area contributed by atoms with Crippen LogP contribution in [0, 0.1) is 5.41 Å². The predicted molar refractivity (Wildman–Crippen MR) is 59.6 cm³/mol. The quantitative estimate of drug-likeness (QED) is 0.651. The summed E-state index contributed by atoms with van der Waals surface area (Å²) in [7, 11) is 1.70. The van der Waals surface area contributed by atoms with Crippen molar-refractivity contribution in [2.75, 3.05) is 33.4 Å². The van der Waals surface area contributed by atoms with Crippen LogP contribution in [0.15, 0.2) is 0 Å². The Morgan fingerprint density at radius 1 is 1.36 bits per heavy atom. The molecule has 0 saturated heterocycles. The van der Waals surface area contributed by atoms with Crippen LogP contribution in [0.3, 0.4) is 0 Å². The highest BCUT2D eigenvalue weighted by Crippen LogP contribution is 2.14. The molecule has 0 aromatic rings. The van der Waals surface area contributed by atoms with Gasteiger partial charge in [-0.2, -0.15) is 0 Å². The van der Waals surface area contributed by atoms with Crippen molar-refractivity contribution in [2.45, 2.75) is 33.8 Å². The molecule has 1 atom stereocenters. The van der Waals surface area contributed by atoms with Crippen molar-refractivity contribution >= 4 is 0 Å². The van der Waals surface area contributed by atoms with Gasteiger partial charge in [-0.3, -0.25) is 0 Å². The van der Waals surface area contributed by atoms with Crippen LogP contribution in [0.1, 0.15) is 27.7 Å². The summed E-state index contributed by atoms with van der Waals surface area (Å²) in [6.07, 6.45) is 0.181. The minimum atomic E-state index is 0.181. The minimum absolute atomic E-state index is 0.181. The summed E-state index contributed by atoms with van der Waals surface area (Å²) in [5, 5.41) is 3.33. The first kappa shape index (κ1) is 13.9. The first-order valence-electron chi connectivity index (χ1n) is 5.33. The van der Waals surface area contributed by atoms with Crippen molar-refractivity contribution in [2.24, 2.45) is 5.41 Å². The van der Waals surface area contributed by atoms with Gasteiger partial charge in [0.15, 0.2) is 0 Å². The monoisotopic (exact) mass is 203 g/mol. The maximum absolute atomic E-state index is 5.68. The third-order valence-corrected chi connectivity index (χ3v) is 2.01. The van der Waals surface area contributed by atoms with Gasteiger partial charge in [0.05, 0.1) is 19.3 Å². The van der Waals surface area contributed by atoms with Gasteiger partial charge in [-0.15, -0.1) is 0 Å². The molecule has 0 spiro atoms. The smallest absolute Gasteiger partial charge is 0.0780 e. The van der Waals surface area contributed by atoms with E-state index in [9.17, 15) is 0 Å². The van der Waals surface area contributed by atoms with Crippen molar-refractivity contribution in [1.82, 2.24) is 5.32 Å². The Morgan fingerprint density at radius 2 is 2.00 bits per heavy atom. The van der Waals surface area contributed by atoms with E-state index < -0.39 is 0 Å². The molecule has 0 heterocycles. The Balaban J connectivity index is 3.63. The second-order valence-electron chi connectivity index (χ2n) is 4.52. The third-order valence-electron chi connectivity index (χ3n) is 2.01. The Morgan fingerprint density at radius 3 is 2.50 bits per heavy atom. The Kier molecular flexibility index (Phi) is 7.15. The van der Waals surface area contributed by atoms with Crippen LogP contribution >= 0.6 is 0 Å². The van der Waals surface area contributed by atoms with Crippen LogP contribution in [0.2, 0.25) is 0 Å². The molecule has 0 rings (SSSR count). The van der Waals surface area contributed by atoms with E-state index in [2.05, 4.69) is 26.1 Å². The Labute approximate surface area is 88.2 Å². The molecule has 1 N–H and O–H groups in total. The number of ether oxygens (including phenoxy) is 2. The standard InChI is InChI=1S/C11H25NO2/c1-6-12-8-11(3,4)9-14-10(2)7-13-5/h10,12H,6-9H2,1-5H3. The lowest BCUT2D eigenvalue weighted by atomic mass is 9.95. The van der Waals surface area contributed by atoms with Crippen molar-refractivity contribution < 1.29 is 9.47 Å². The van der Waals surface area contributed by atoms with Crippen LogP contribution < -0.4 is 5.32 Å². The second-order valence-corrected chi connectivity index (χ2v) is 4.52. The normalized spacial score (nSPS) is 14.4. The molecular weight excluding hydrogens is 178 g/mol. The average molecular weight is 203 g/mol. The van der Waals surface area contributed by atoms with E-state index in [-0.39, 0.29) is 11.5 Å². The molecule has 0 aromatic carbocycles. The van der Waals surface area contributed by atoms with E-state index in [1.807, 2.05) is 6.92 Å². The van der Waals surface area contributed by atoms with E-state index in [4.69, 9.17) is 9.47 Å². The fourth-order valence-corrected chi connectivity index (χ4v) is 1.17. The van der Waals surface area contributed by atoms with E-state index >= 15 is 0 Å². The van der Waals surface area contributed by atoms with E-state index in [1.165, 1.54) is 0 Å². The zero-order valence-electron chi connectivity index (χ0n) is 10.2. The molecule has 0 bridgehead atoms. The summed E-state index contributed by atoms with van der Waals surface area (Å²) in [5.41, 5.74) is 0.192. The van der Waals surface area contributed by atoms with Gasteiger partial charge in [0.2, 0.25) is 0 Å². The largest absolute Gasteiger partial charge is 0.382 e. The van der Waals surface area contributed by atoms with Crippen molar-refractivity contribution in [1.29, 1.82) is 0 Å². The van der Waals surface area contributed by atoms with Gasteiger partial charge < -0.3 is 14.8 Å². The number of methoxy groups -OCH3 is 1. The molecule has 14 heavy (non-hydrogen) atoms. The topological polar surface area (TPSA) is 30.5 Å². The molecule has 86 valence electrons. The average Bonchev–Trinajstić information content (AvgIpc) is 2.13. The molecule has 0 fully saturated rings. The van der Waals surface area contributed by atoms with Gasteiger partial charge in [0.1, 0.15) is 0 Å². The molecule has 0 saturated carbocycles. The lowest BCUT2D eigenvalue weighted by molar-refractivity contribution is -0.0245. The SMILES string of the molecule is CCNCC(C)(C)COC(C)COC. The second kappa shape index (κ2) is 7.21. The molecule has 1 unspecified atom stereocenters. The van der Waals surface area contributed by atoms with Gasteiger partial charge >= 0.3 is 0 Å². The third kappa shape index (κ3) is 7.30. The fourth-order valence-electron chi connectivity index (χ4n) is 1.17. The van der Waals surface area contributed by atoms with Crippen LogP contribution in [-0.2, 0) is 9.47 Å². The molecule has 0 aromatic heterocycles. The van der Waals surface area contributed by atoms with E-state index in [0.717, 1.165) is 19.7 Å². The summed E-state index contributed by atoms with van der Waals surface area (Å²) in [4.78, 5) is 0. The maximum Gasteiger partial charge on any atom is 0.0780 e. The summed E-state index contributed by atoms with van der Waals surface area (Å²) < 4.78 is 10.7. The summed E-state index contributed by atoms with van der Waals surface area (Å²) in [5.74, 6) is 0. The van der Waals surface area contributed by atoms with Gasteiger partial charge in [-0.1, -0.05) is 20.8 Å². The van der Waals surface area contributed by atoms with Crippen molar-refractivity contribution in [3.05, 3.63) is 0 Å². The highest BCUT2D eigenvalue weighted by atomic mass is 16.5. The number of rotatable bonds is 8. The minimum Gasteiger partial charge on any atom is -0.382 e. The van der Waals surface area contributed by atoms with Crippen LogP contribution in [0.25, 0.3) is 0 Å². The number of hydrogen-bond donors (Lipinski definition) is 1. The lowest BCUT2D eigenvalue weighted by Crippen LogP contribution is -2.34. The highest BCUT2D eigenvalue weighted by molar-refractivity contribution is 4.71. The van der Waals surface area contributed by atoms with Crippen molar-refractivity contribution in [3.63, 3.8) is 0 Å². The highest BCUT2D eigenvalue weighted by Gasteiger charge is 2.18. The fraction of sp³-hybridized carbons (Fsp3) is 1.00. The molecule has 0 aliphatic carbocycles. The van der Waals surface area contributed by atoms with E-state index in [1.54, 1.807) is 7.11 Å². The molecule has 3 nitrogen and oxygen atoms in total.